The first kappa shape index (κ1) is 13.3. The predicted octanol–water partition coefficient (Wildman–Crippen LogP) is 0.792. The molecule has 1 aliphatic heterocycles. The van der Waals surface area contributed by atoms with Crippen LogP contribution in [0.4, 0.5) is 0 Å². The molecule has 0 aromatic rings. The van der Waals surface area contributed by atoms with Gasteiger partial charge in [-0.05, 0) is 18.3 Å². The van der Waals surface area contributed by atoms with Gasteiger partial charge in [-0.15, -0.1) is 0 Å². The van der Waals surface area contributed by atoms with E-state index in [1.807, 2.05) is 0 Å². The smallest absolute Gasteiger partial charge is 0.305 e. The van der Waals surface area contributed by atoms with Crippen molar-refractivity contribution in [3.8, 4) is 0 Å². The third-order valence-electron chi connectivity index (χ3n) is 3.72. The first-order valence-electron chi connectivity index (χ1n) is 6.53. The molecule has 5 heteroatoms. The van der Waals surface area contributed by atoms with Gasteiger partial charge in [0, 0.05) is 26.2 Å². The molecule has 1 saturated heterocycles. The van der Waals surface area contributed by atoms with Gasteiger partial charge in [-0.3, -0.25) is 14.5 Å². The summed E-state index contributed by atoms with van der Waals surface area (Å²) in [5.74, 6) is -0.943. The van der Waals surface area contributed by atoms with E-state index in [-0.39, 0.29) is 17.7 Å². The number of aliphatic carboxylic acids is 1. The van der Waals surface area contributed by atoms with Gasteiger partial charge in [0.1, 0.15) is 6.04 Å². The molecule has 1 atom stereocenters. The van der Waals surface area contributed by atoms with Crippen LogP contribution in [-0.2, 0) is 9.59 Å². The normalized spacial score (nSPS) is 29.2. The molecule has 0 bridgehead atoms. The Kier molecular flexibility index (Phi) is 3.36. The van der Waals surface area contributed by atoms with E-state index in [0.717, 1.165) is 19.4 Å². The van der Waals surface area contributed by atoms with Crippen molar-refractivity contribution < 1.29 is 14.7 Å². The maximum absolute atomic E-state index is 12.3. The van der Waals surface area contributed by atoms with Crippen LogP contribution in [0.5, 0.6) is 0 Å². The van der Waals surface area contributed by atoms with E-state index < -0.39 is 12.0 Å². The summed E-state index contributed by atoms with van der Waals surface area (Å²) in [5.41, 5.74) is 0.0141. The molecule has 1 amide bonds. The lowest BCUT2D eigenvalue weighted by Gasteiger charge is -2.32. The number of carboxylic acids is 1. The summed E-state index contributed by atoms with van der Waals surface area (Å²) in [4.78, 5) is 27.1. The summed E-state index contributed by atoms with van der Waals surface area (Å²) < 4.78 is 0. The summed E-state index contributed by atoms with van der Waals surface area (Å²) in [5, 5.41) is 9.01. The molecule has 0 aromatic carbocycles. The second-order valence-electron chi connectivity index (χ2n) is 6.38. The number of carboxylic acid groups (broad SMARTS) is 1. The SMILES string of the molecule is CN1CC(C)(C)CN(C2CC2)C(CC(=O)O)C1=O. The minimum absolute atomic E-state index is 0.0141. The highest BCUT2D eigenvalue weighted by Crippen LogP contribution is 2.35. The molecule has 2 fully saturated rings. The fraction of sp³-hybridized carbons (Fsp3) is 0.846. The Bertz CT molecular complexity index is 363. The molecule has 0 aromatic heterocycles. The molecule has 1 heterocycles. The number of hydrogen-bond donors (Lipinski definition) is 1. The maximum atomic E-state index is 12.3. The van der Waals surface area contributed by atoms with Gasteiger partial charge < -0.3 is 10.0 Å². The Labute approximate surface area is 108 Å². The Morgan fingerprint density at radius 3 is 2.50 bits per heavy atom. The van der Waals surface area contributed by atoms with Crippen LogP contribution in [0, 0.1) is 5.41 Å². The van der Waals surface area contributed by atoms with E-state index in [0.29, 0.717) is 12.6 Å². The van der Waals surface area contributed by atoms with Crippen LogP contribution in [0.3, 0.4) is 0 Å². The summed E-state index contributed by atoms with van der Waals surface area (Å²) in [7, 11) is 1.77. The average molecular weight is 254 g/mol. The molecule has 1 saturated carbocycles. The summed E-state index contributed by atoms with van der Waals surface area (Å²) in [6.07, 6.45) is 2.09. The highest BCUT2D eigenvalue weighted by Gasteiger charge is 2.44. The van der Waals surface area contributed by atoms with Crippen molar-refractivity contribution in [2.75, 3.05) is 20.1 Å². The quantitative estimate of drug-likeness (QED) is 0.809. The van der Waals surface area contributed by atoms with Crippen molar-refractivity contribution in [2.24, 2.45) is 5.41 Å². The first-order valence-corrected chi connectivity index (χ1v) is 6.53. The lowest BCUT2D eigenvalue weighted by Crippen LogP contribution is -2.47. The van der Waals surface area contributed by atoms with E-state index >= 15 is 0 Å². The van der Waals surface area contributed by atoms with Crippen molar-refractivity contribution in [2.45, 2.75) is 45.2 Å². The van der Waals surface area contributed by atoms with E-state index in [2.05, 4.69) is 18.7 Å². The van der Waals surface area contributed by atoms with Gasteiger partial charge in [0.05, 0.1) is 6.42 Å². The molecule has 1 N–H and O–H groups in total. The topological polar surface area (TPSA) is 60.9 Å². The highest BCUT2D eigenvalue weighted by atomic mass is 16.4. The van der Waals surface area contributed by atoms with E-state index in [1.54, 1.807) is 11.9 Å². The van der Waals surface area contributed by atoms with Crippen molar-refractivity contribution >= 4 is 11.9 Å². The number of likely N-dealkylation sites (N-methyl/N-ethyl adjacent to an activating group) is 1. The van der Waals surface area contributed by atoms with Gasteiger partial charge in [0.15, 0.2) is 0 Å². The fourth-order valence-electron chi connectivity index (χ4n) is 2.93. The highest BCUT2D eigenvalue weighted by molar-refractivity contribution is 5.86. The number of rotatable bonds is 3. The maximum Gasteiger partial charge on any atom is 0.305 e. The minimum Gasteiger partial charge on any atom is -0.481 e. The van der Waals surface area contributed by atoms with Crippen LogP contribution >= 0.6 is 0 Å². The number of carbonyl (C=O) groups is 2. The number of carbonyl (C=O) groups excluding carboxylic acids is 1. The lowest BCUT2D eigenvalue weighted by atomic mass is 9.92. The summed E-state index contributed by atoms with van der Waals surface area (Å²) in [6, 6.07) is -0.0779. The van der Waals surface area contributed by atoms with Crippen LogP contribution in [0.1, 0.15) is 33.1 Å². The van der Waals surface area contributed by atoms with Crippen molar-refractivity contribution in [3.05, 3.63) is 0 Å². The summed E-state index contributed by atoms with van der Waals surface area (Å²) >= 11 is 0. The van der Waals surface area contributed by atoms with E-state index in [4.69, 9.17) is 5.11 Å². The largest absolute Gasteiger partial charge is 0.481 e. The molecule has 1 aliphatic carbocycles. The lowest BCUT2D eigenvalue weighted by molar-refractivity contribution is -0.144. The fourth-order valence-corrected chi connectivity index (χ4v) is 2.93. The van der Waals surface area contributed by atoms with Crippen LogP contribution in [-0.4, -0.2) is 59.0 Å². The monoisotopic (exact) mass is 254 g/mol. The van der Waals surface area contributed by atoms with Gasteiger partial charge in [0.2, 0.25) is 5.91 Å². The molecule has 5 nitrogen and oxygen atoms in total. The second-order valence-corrected chi connectivity index (χ2v) is 6.38. The Morgan fingerprint density at radius 2 is 2.00 bits per heavy atom. The average Bonchev–Trinajstić information content (AvgIpc) is 3.03. The third-order valence-corrected chi connectivity index (χ3v) is 3.72. The second kappa shape index (κ2) is 4.53. The molecule has 0 spiro atoms. The van der Waals surface area contributed by atoms with Gasteiger partial charge >= 0.3 is 5.97 Å². The van der Waals surface area contributed by atoms with Crippen LogP contribution in [0.15, 0.2) is 0 Å². The molecule has 1 unspecified atom stereocenters. The Morgan fingerprint density at radius 1 is 1.39 bits per heavy atom. The molecular weight excluding hydrogens is 232 g/mol. The number of nitrogens with zero attached hydrogens (tertiary/aromatic N) is 2. The van der Waals surface area contributed by atoms with Crippen molar-refractivity contribution in [1.82, 2.24) is 9.80 Å². The first-order chi connectivity index (χ1) is 8.30. The van der Waals surface area contributed by atoms with Gasteiger partial charge in [-0.25, -0.2) is 0 Å². The Balaban J connectivity index is 2.25. The van der Waals surface area contributed by atoms with E-state index in [1.165, 1.54) is 0 Å². The zero-order valence-electron chi connectivity index (χ0n) is 11.3. The molecule has 18 heavy (non-hydrogen) atoms. The number of amides is 1. The van der Waals surface area contributed by atoms with Gasteiger partial charge in [-0.1, -0.05) is 13.8 Å². The van der Waals surface area contributed by atoms with Crippen LogP contribution in [0.2, 0.25) is 0 Å². The third kappa shape index (κ3) is 2.83. The van der Waals surface area contributed by atoms with Crippen LogP contribution < -0.4 is 0 Å². The summed E-state index contributed by atoms with van der Waals surface area (Å²) in [6.45, 7) is 5.75. The predicted molar refractivity (Wildman–Crippen MR) is 67.2 cm³/mol. The molecule has 2 aliphatic rings. The minimum atomic E-state index is -0.896. The standard InChI is InChI=1S/C13H22N2O3/c1-13(2)7-14(3)12(18)10(6-11(16)17)15(8-13)9-4-5-9/h9-10H,4-8H2,1-3H3,(H,16,17). The van der Waals surface area contributed by atoms with Crippen LogP contribution in [0.25, 0.3) is 0 Å². The molecule has 2 rings (SSSR count). The van der Waals surface area contributed by atoms with Crippen molar-refractivity contribution in [3.63, 3.8) is 0 Å². The Hall–Kier alpha value is -1.10. The zero-order valence-corrected chi connectivity index (χ0v) is 11.3. The van der Waals surface area contributed by atoms with Gasteiger partial charge in [0.25, 0.3) is 0 Å². The van der Waals surface area contributed by atoms with E-state index in [9.17, 15) is 9.59 Å². The molecular formula is C13H22N2O3. The number of hydrogen-bond acceptors (Lipinski definition) is 3. The molecule has 102 valence electrons. The van der Waals surface area contributed by atoms with Crippen molar-refractivity contribution in [1.29, 1.82) is 0 Å². The zero-order chi connectivity index (χ0) is 13.5. The van der Waals surface area contributed by atoms with Gasteiger partial charge in [-0.2, -0.15) is 0 Å². The molecule has 0 radical (unpaired) electrons.